The summed E-state index contributed by atoms with van der Waals surface area (Å²) < 4.78 is 17.4. The smallest absolute Gasteiger partial charge is 0.305 e. The van der Waals surface area contributed by atoms with Gasteiger partial charge in [-0.05, 0) is 56.2 Å². The number of anilines is 1. The van der Waals surface area contributed by atoms with Gasteiger partial charge in [0.05, 0.1) is 27.2 Å². The molecule has 4 aromatic rings. The zero-order chi connectivity index (χ0) is 28.0. The average Bonchev–Trinajstić information content (AvgIpc) is 3.67. The van der Waals surface area contributed by atoms with Gasteiger partial charge in [0, 0.05) is 31.4 Å². The molecule has 2 aromatic carbocycles. The summed E-state index contributed by atoms with van der Waals surface area (Å²) in [6.07, 6.45) is 8.03. The maximum absolute atomic E-state index is 11.3. The van der Waals surface area contributed by atoms with Crippen LogP contribution in [0.5, 0.6) is 11.5 Å². The number of aromatic nitrogens is 4. The molecular weight excluding hydrogens is 494 g/mol. The molecule has 3 heterocycles. The van der Waals surface area contributed by atoms with Crippen LogP contribution in [0.15, 0.2) is 49.1 Å². The Bertz CT molecular complexity index is 1320. The Labute approximate surface area is 231 Å². The third-order valence-corrected chi connectivity index (χ3v) is 6.39. The molecule has 0 aliphatic carbocycles. The predicted molar refractivity (Wildman–Crippen MR) is 156 cm³/mol. The van der Waals surface area contributed by atoms with Gasteiger partial charge in [0.2, 0.25) is 0 Å². The number of rotatable bonds is 9. The predicted octanol–water partition coefficient (Wildman–Crippen LogP) is 6.04. The summed E-state index contributed by atoms with van der Waals surface area (Å²) in [7, 11) is 3.34. The lowest BCUT2D eigenvalue weighted by atomic mass is 10.1. The van der Waals surface area contributed by atoms with Crippen LogP contribution in [-0.2, 0) is 16.1 Å². The van der Waals surface area contributed by atoms with E-state index in [-0.39, 0.29) is 5.97 Å². The molecule has 1 saturated heterocycles. The van der Waals surface area contributed by atoms with E-state index in [2.05, 4.69) is 25.9 Å². The fourth-order valence-corrected chi connectivity index (χ4v) is 4.50. The van der Waals surface area contributed by atoms with Gasteiger partial charge < -0.3 is 23.7 Å². The van der Waals surface area contributed by atoms with E-state index < -0.39 is 0 Å². The van der Waals surface area contributed by atoms with Gasteiger partial charge in [0.1, 0.15) is 17.8 Å². The number of imidazole rings is 1. The Morgan fingerprint density at radius 2 is 1.77 bits per heavy atom. The van der Waals surface area contributed by atoms with Gasteiger partial charge in [-0.15, -0.1) is 0 Å². The highest BCUT2D eigenvalue weighted by Gasteiger charge is 2.19. The van der Waals surface area contributed by atoms with E-state index in [0.29, 0.717) is 13.0 Å². The van der Waals surface area contributed by atoms with Gasteiger partial charge in [0.25, 0.3) is 0 Å². The number of ether oxygens (including phenoxy) is 3. The number of carbonyl (C=O) groups excluding carboxylic acids is 1. The van der Waals surface area contributed by atoms with Gasteiger partial charge in [0.15, 0.2) is 17.0 Å². The monoisotopic (exact) mass is 535 g/mol. The molecule has 0 radical (unpaired) electrons. The number of hydrogen-bond donors (Lipinski definition) is 0. The zero-order valence-corrected chi connectivity index (χ0v) is 23.9. The Morgan fingerprint density at radius 1 is 0.974 bits per heavy atom. The summed E-state index contributed by atoms with van der Waals surface area (Å²) in [4.78, 5) is 26.9. The number of unbranched alkanes of at least 4 members (excludes halogenated alkanes) is 1. The first-order chi connectivity index (χ1) is 19.1. The van der Waals surface area contributed by atoms with Crippen LogP contribution < -0.4 is 14.4 Å². The molecule has 5 rings (SSSR count). The molecule has 0 amide bonds. The summed E-state index contributed by atoms with van der Waals surface area (Å²) in [6.45, 7) is 9.15. The minimum Gasteiger partial charge on any atom is -0.497 e. The van der Waals surface area contributed by atoms with Gasteiger partial charge in [-0.3, -0.25) is 4.79 Å². The number of methoxy groups -OCH3 is 2. The average molecular weight is 536 g/mol. The van der Waals surface area contributed by atoms with Crippen molar-refractivity contribution < 1.29 is 19.0 Å². The topological polar surface area (TPSA) is 91.6 Å². The molecule has 1 fully saturated rings. The summed E-state index contributed by atoms with van der Waals surface area (Å²) >= 11 is 0. The van der Waals surface area contributed by atoms with Crippen LogP contribution in [0.25, 0.3) is 21.9 Å². The van der Waals surface area contributed by atoms with Crippen molar-refractivity contribution in [2.24, 2.45) is 0 Å². The number of esters is 1. The highest BCUT2D eigenvalue weighted by molar-refractivity contribution is 5.89. The van der Waals surface area contributed by atoms with E-state index in [0.717, 1.165) is 71.7 Å². The van der Waals surface area contributed by atoms with E-state index in [9.17, 15) is 4.79 Å². The number of aryl methyl sites for hydroxylation is 1. The fraction of sp³-hybridized carbons (Fsp3) is 0.467. The number of nitrogens with zero attached hydrogens (tertiary/aromatic N) is 5. The van der Waals surface area contributed by atoms with Gasteiger partial charge in [-0.2, -0.15) is 0 Å². The largest absolute Gasteiger partial charge is 0.497 e. The second-order valence-electron chi connectivity index (χ2n) is 8.81. The van der Waals surface area contributed by atoms with E-state index in [4.69, 9.17) is 14.2 Å². The number of fused-ring (bicyclic) bond motifs is 2. The van der Waals surface area contributed by atoms with Crippen LogP contribution in [0.1, 0.15) is 52.9 Å². The lowest BCUT2D eigenvalue weighted by Gasteiger charge is -2.15. The summed E-state index contributed by atoms with van der Waals surface area (Å²) in [5, 5.41) is 2.24. The van der Waals surface area contributed by atoms with Crippen molar-refractivity contribution in [2.45, 2.75) is 59.4 Å². The molecule has 0 atom stereocenters. The van der Waals surface area contributed by atoms with Crippen molar-refractivity contribution in [3.63, 3.8) is 0 Å². The van der Waals surface area contributed by atoms with Crippen molar-refractivity contribution in [2.75, 3.05) is 38.8 Å². The lowest BCUT2D eigenvalue weighted by molar-refractivity contribution is -0.143. The molecule has 9 nitrogen and oxygen atoms in total. The molecule has 9 heteroatoms. The van der Waals surface area contributed by atoms with E-state index in [1.54, 1.807) is 20.5 Å². The Hall–Kier alpha value is -3.88. The Balaban J connectivity index is 0.000000224. The van der Waals surface area contributed by atoms with Crippen LogP contribution in [0.4, 0.5) is 5.82 Å². The normalized spacial score (nSPS) is 12.4. The molecule has 1 aliphatic heterocycles. The highest BCUT2D eigenvalue weighted by atomic mass is 16.5. The number of carbonyl (C=O) groups is 1. The quantitative estimate of drug-likeness (QED) is 0.189. The van der Waals surface area contributed by atoms with Crippen molar-refractivity contribution in [1.82, 2.24) is 19.5 Å². The van der Waals surface area contributed by atoms with Crippen molar-refractivity contribution >= 4 is 33.7 Å². The molecular formula is C30H41N5O4. The molecule has 0 saturated carbocycles. The Morgan fingerprint density at radius 3 is 2.49 bits per heavy atom. The molecule has 0 N–H and O–H groups in total. The standard InChI is InChI=1S/C16H23N5O2.C12H12O2.C2H6/c1-2-23-13(22)7-3-4-10-21-12-19-14-15(17-11-18-16(14)21)20-8-5-6-9-20;1-13-10-7-6-9-4-3-5-12(14-2)11(9)8-10;1-2/h11-12H,2-10H2,1H3;3-8H,1-2H3;1-2H3. The first kappa shape index (κ1) is 29.7. The van der Waals surface area contributed by atoms with Crippen molar-refractivity contribution in [3.05, 3.63) is 49.1 Å². The second-order valence-corrected chi connectivity index (χ2v) is 8.81. The zero-order valence-electron chi connectivity index (χ0n) is 23.9. The molecule has 0 spiro atoms. The Kier molecular flexibility index (Phi) is 11.8. The SMILES string of the molecule is CC.CCOC(=O)CCCCn1cnc2c(N3CCCC3)ncnc21.COc1ccc2cccc(OC)c2c1. The number of benzene rings is 2. The molecule has 210 valence electrons. The van der Waals surface area contributed by atoms with Crippen molar-refractivity contribution in [3.8, 4) is 11.5 Å². The first-order valence-electron chi connectivity index (χ1n) is 13.8. The van der Waals surface area contributed by atoms with Gasteiger partial charge >= 0.3 is 5.97 Å². The molecule has 2 aromatic heterocycles. The van der Waals surface area contributed by atoms with Gasteiger partial charge in [-0.1, -0.05) is 32.0 Å². The van der Waals surface area contributed by atoms with Crippen molar-refractivity contribution in [1.29, 1.82) is 0 Å². The summed E-state index contributed by atoms with van der Waals surface area (Å²) in [6, 6.07) is 11.9. The van der Waals surface area contributed by atoms with Crippen LogP contribution in [0, 0.1) is 0 Å². The molecule has 1 aliphatic rings. The third-order valence-electron chi connectivity index (χ3n) is 6.39. The van der Waals surface area contributed by atoms with E-state index in [1.807, 2.05) is 62.0 Å². The fourth-order valence-electron chi connectivity index (χ4n) is 4.50. The van der Waals surface area contributed by atoms with E-state index >= 15 is 0 Å². The third kappa shape index (κ3) is 7.81. The van der Waals surface area contributed by atoms with Crippen LogP contribution >= 0.6 is 0 Å². The van der Waals surface area contributed by atoms with Crippen LogP contribution in [-0.4, -0.2) is 59.4 Å². The second kappa shape index (κ2) is 15.5. The maximum atomic E-state index is 11.3. The number of hydrogen-bond acceptors (Lipinski definition) is 8. The van der Waals surface area contributed by atoms with E-state index in [1.165, 1.54) is 12.8 Å². The molecule has 39 heavy (non-hydrogen) atoms. The van der Waals surface area contributed by atoms with Gasteiger partial charge in [-0.25, -0.2) is 15.0 Å². The minimum atomic E-state index is -0.123. The molecule has 0 bridgehead atoms. The van der Waals surface area contributed by atoms with Crippen LogP contribution in [0.2, 0.25) is 0 Å². The first-order valence-corrected chi connectivity index (χ1v) is 13.8. The summed E-state index contributed by atoms with van der Waals surface area (Å²) in [5.41, 5.74) is 1.75. The highest BCUT2D eigenvalue weighted by Crippen LogP contribution is 2.28. The maximum Gasteiger partial charge on any atom is 0.305 e. The molecule has 0 unspecified atom stereocenters. The lowest BCUT2D eigenvalue weighted by Crippen LogP contribution is -2.19. The van der Waals surface area contributed by atoms with Crippen LogP contribution in [0.3, 0.4) is 0 Å². The summed E-state index contributed by atoms with van der Waals surface area (Å²) in [5.74, 6) is 2.54. The minimum absolute atomic E-state index is 0.123.